The van der Waals surface area contributed by atoms with Crippen LogP contribution < -0.4 is 16.4 Å². The molecule has 4 rings (SSSR count). The number of nitrogens with zero attached hydrogens (tertiary/aromatic N) is 5. The van der Waals surface area contributed by atoms with Crippen LogP contribution in [0, 0.1) is 0 Å². The van der Waals surface area contributed by atoms with Gasteiger partial charge in [-0.25, -0.2) is 19.3 Å². The number of rotatable bonds is 8. The number of nitrogens with two attached hydrogens (primary N) is 2. The lowest BCUT2D eigenvalue weighted by molar-refractivity contribution is 0.100. The van der Waals surface area contributed by atoms with Gasteiger partial charge in [-0.15, -0.1) is 0 Å². The van der Waals surface area contributed by atoms with Gasteiger partial charge in [0.2, 0.25) is 0 Å². The van der Waals surface area contributed by atoms with Gasteiger partial charge in [-0.2, -0.15) is 0 Å². The molecular weight excluding hydrogens is 437 g/mol. The normalized spacial score (nSPS) is 18.6. The van der Waals surface area contributed by atoms with Gasteiger partial charge in [-0.1, -0.05) is 24.3 Å². The Labute approximate surface area is 197 Å². The van der Waals surface area contributed by atoms with Crippen LogP contribution in [0.4, 0.5) is 10.2 Å². The number of hydrogen-bond donors (Lipinski definition) is 2. The Balaban J connectivity index is 1.70. The summed E-state index contributed by atoms with van der Waals surface area (Å²) in [5.41, 5.74) is 15.3. The third-order valence-corrected chi connectivity index (χ3v) is 6.09. The maximum atomic E-state index is 13.9. The van der Waals surface area contributed by atoms with Crippen molar-refractivity contribution in [1.29, 1.82) is 0 Å². The van der Waals surface area contributed by atoms with Crippen LogP contribution in [0.25, 0.3) is 22.3 Å². The van der Waals surface area contributed by atoms with E-state index in [4.69, 9.17) is 21.2 Å². The van der Waals surface area contributed by atoms with Gasteiger partial charge in [-0.3, -0.25) is 9.69 Å². The van der Waals surface area contributed by atoms with E-state index in [1.54, 1.807) is 13.2 Å². The van der Waals surface area contributed by atoms with E-state index in [-0.39, 0.29) is 5.56 Å². The molecule has 180 valence electrons. The molecule has 0 saturated carbocycles. The van der Waals surface area contributed by atoms with Gasteiger partial charge in [0.05, 0.1) is 23.9 Å². The van der Waals surface area contributed by atoms with E-state index in [1.165, 1.54) is 6.33 Å². The van der Waals surface area contributed by atoms with Crippen LogP contribution in [0.3, 0.4) is 0 Å². The summed E-state index contributed by atoms with van der Waals surface area (Å²) in [4.78, 5) is 29.8. The molecule has 0 radical (unpaired) electrons. The molecule has 0 spiro atoms. The maximum Gasteiger partial charge on any atom is 0.251 e. The molecule has 1 amide bonds. The van der Waals surface area contributed by atoms with E-state index in [0.717, 1.165) is 24.2 Å². The first-order valence-electron chi connectivity index (χ1n) is 11.2. The fraction of sp³-hybridized carbons (Fsp3) is 0.417. The first-order chi connectivity index (χ1) is 16.4. The van der Waals surface area contributed by atoms with Gasteiger partial charge in [0.25, 0.3) is 5.91 Å². The molecule has 34 heavy (non-hydrogen) atoms. The third kappa shape index (κ3) is 5.14. The predicted octanol–water partition coefficient (Wildman–Crippen LogP) is 1.74. The molecule has 2 unspecified atom stereocenters. The summed E-state index contributed by atoms with van der Waals surface area (Å²) in [5.74, 6) is -0.0815. The monoisotopic (exact) mass is 467 g/mol. The lowest BCUT2D eigenvalue weighted by Crippen LogP contribution is -2.50. The first kappa shape index (κ1) is 23.9. The van der Waals surface area contributed by atoms with Crippen LogP contribution in [0.15, 0.2) is 36.7 Å². The smallest absolute Gasteiger partial charge is 0.251 e. The van der Waals surface area contributed by atoms with Crippen LogP contribution in [-0.2, 0) is 11.3 Å². The zero-order valence-electron chi connectivity index (χ0n) is 19.4. The van der Waals surface area contributed by atoms with E-state index >= 15 is 0 Å². The van der Waals surface area contributed by atoms with Crippen LogP contribution in [0.5, 0.6) is 0 Å². The quantitative estimate of drug-likeness (QED) is 0.514. The van der Waals surface area contributed by atoms with Crippen LogP contribution in [0.1, 0.15) is 22.3 Å². The summed E-state index contributed by atoms with van der Waals surface area (Å²) in [6.45, 7) is 3.03. The number of fused-ring (bicyclic) bond motifs is 1. The minimum atomic E-state index is -1.05. The molecule has 1 saturated heterocycles. The van der Waals surface area contributed by atoms with Gasteiger partial charge < -0.3 is 21.1 Å². The molecule has 4 N–H and O–H groups in total. The summed E-state index contributed by atoms with van der Waals surface area (Å²) in [7, 11) is 3.73. The summed E-state index contributed by atoms with van der Waals surface area (Å²) in [5, 5.41) is 0. The molecule has 10 heteroatoms. The van der Waals surface area contributed by atoms with Gasteiger partial charge >= 0.3 is 0 Å². The van der Waals surface area contributed by atoms with Crippen LogP contribution in [-0.4, -0.2) is 78.4 Å². The SMILES string of the molecule is COCCN(C)Cc1ccc(-c2cc(C(N)=O)c3ncnc(N4CCC(F)C(N)C4)c3n2)cc1. The number of halogens is 1. The fourth-order valence-corrected chi connectivity index (χ4v) is 4.16. The van der Waals surface area contributed by atoms with Crippen molar-refractivity contribution >= 4 is 22.8 Å². The summed E-state index contributed by atoms with van der Waals surface area (Å²) in [6, 6.07) is 9.02. The Bertz CT molecular complexity index is 1160. The highest BCUT2D eigenvalue weighted by Gasteiger charge is 2.29. The summed E-state index contributed by atoms with van der Waals surface area (Å²) < 4.78 is 19.1. The van der Waals surface area contributed by atoms with Crippen molar-refractivity contribution in [3.05, 3.63) is 47.8 Å². The second-order valence-corrected chi connectivity index (χ2v) is 8.66. The lowest BCUT2D eigenvalue weighted by atomic mass is 10.0. The summed E-state index contributed by atoms with van der Waals surface area (Å²) in [6.07, 6.45) is 0.615. The molecule has 3 heterocycles. The van der Waals surface area contributed by atoms with Gasteiger partial charge in [0, 0.05) is 38.9 Å². The average molecular weight is 468 g/mol. The van der Waals surface area contributed by atoms with Crippen LogP contribution in [0.2, 0.25) is 0 Å². The first-order valence-corrected chi connectivity index (χ1v) is 11.2. The minimum Gasteiger partial charge on any atom is -0.383 e. The molecule has 2 aromatic heterocycles. The van der Waals surface area contributed by atoms with Crippen molar-refractivity contribution in [2.24, 2.45) is 11.5 Å². The number of piperidine rings is 1. The molecule has 1 fully saturated rings. The van der Waals surface area contributed by atoms with Crippen LogP contribution >= 0.6 is 0 Å². The number of amides is 1. The van der Waals surface area contributed by atoms with E-state index < -0.39 is 18.1 Å². The summed E-state index contributed by atoms with van der Waals surface area (Å²) >= 11 is 0. The highest BCUT2D eigenvalue weighted by Crippen LogP contribution is 2.30. The van der Waals surface area contributed by atoms with Crippen molar-refractivity contribution in [3.63, 3.8) is 0 Å². The number of pyridine rings is 1. The number of methoxy groups -OCH3 is 1. The highest BCUT2D eigenvalue weighted by atomic mass is 19.1. The predicted molar refractivity (Wildman–Crippen MR) is 129 cm³/mol. The standard InChI is InChI=1S/C24H30FN7O2/c1-31(9-10-34-2)12-15-3-5-16(6-4-15)20-11-17(23(27)33)21-22(30-20)24(29-14-28-21)32-8-7-18(25)19(26)13-32/h3-6,11,14,18-19H,7-10,12-13,26H2,1-2H3,(H2,27,33). The molecule has 1 aliphatic rings. The van der Waals surface area contributed by atoms with E-state index in [1.807, 2.05) is 36.2 Å². The molecule has 3 aromatic rings. The molecule has 2 atom stereocenters. The number of aromatic nitrogens is 3. The topological polar surface area (TPSA) is 123 Å². The van der Waals surface area contributed by atoms with Crippen molar-refractivity contribution < 1.29 is 13.9 Å². The molecular formula is C24H30FN7O2. The highest BCUT2D eigenvalue weighted by molar-refractivity contribution is 6.07. The maximum absolute atomic E-state index is 13.9. The van der Waals surface area contributed by atoms with E-state index in [9.17, 15) is 9.18 Å². The third-order valence-electron chi connectivity index (χ3n) is 6.09. The van der Waals surface area contributed by atoms with E-state index in [2.05, 4.69) is 14.9 Å². The van der Waals surface area contributed by atoms with Crippen molar-refractivity contribution in [2.75, 3.05) is 45.3 Å². The fourth-order valence-electron chi connectivity index (χ4n) is 4.16. The largest absolute Gasteiger partial charge is 0.383 e. The molecule has 1 aromatic carbocycles. The number of hydrogen-bond acceptors (Lipinski definition) is 8. The minimum absolute atomic E-state index is 0.261. The Morgan fingerprint density at radius 1 is 1.26 bits per heavy atom. The number of carbonyl (C=O) groups excluding carboxylic acids is 1. The number of anilines is 1. The molecule has 0 bridgehead atoms. The van der Waals surface area contributed by atoms with Gasteiger partial charge in [0.15, 0.2) is 5.82 Å². The zero-order valence-corrected chi connectivity index (χ0v) is 19.4. The Hall–Kier alpha value is -3.21. The number of likely N-dealkylation sites (N-methyl/N-ethyl adjacent to an activating group) is 1. The van der Waals surface area contributed by atoms with Crippen molar-refractivity contribution in [3.8, 4) is 11.3 Å². The Kier molecular flexibility index (Phi) is 7.30. The number of ether oxygens (including phenoxy) is 1. The van der Waals surface area contributed by atoms with Crippen molar-refractivity contribution in [1.82, 2.24) is 19.9 Å². The number of alkyl halides is 1. The molecule has 1 aliphatic heterocycles. The van der Waals surface area contributed by atoms with Gasteiger partial charge in [0.1, 0.15) is 23.5 Å². The second-order valence-electron chi connectivity index (χ2n) is 8.66. The molecule has 9 nitrogen and oxygen atoms in total. The Morgan fingerprint density at radius 2 is 2.03 bits per heavy atom. The van der Waals surface area contributed by atoms with Crippen molar-refractivity contribution in [2.45, 2.75) is 25.2 Å². The van der Waals surface area contributed by atoms with E-state index in [0.29, 0.717) is 48.7 Å². The molecule has 0 aliphatic carbocycles. The zero-order chi connectivity index (χ0) is 24.2. The van der Waals surface area contributed by atoms with Gasteiger partial charge in [-0.05, 0) is 25.1 Å². The lowest BCUT2D eigenvalue weighted by Gasteiger charge is -2.34. The number of carbonyl (C=O) groups is 1. The average Bonchev–Trinajstić information content (AvgIpc) is 2.83. The number of benzene rings is 1. The number of primary amides is 1. The second kappa shape index (κ2) is 10.4. The Morgan fingerprint density at radius 3 is 2.71 bits per heavy atom.